The molecule has 0 aliphatic carbocycles. The van der Waals surface area contributed by atoms with E-state index in [1.165, 1.54) is 6.07 Å². The molecule has 0 radical (unpaired) electrons. The molecule has 0 heterocycles. The summed E-state index contributed by atoms with van der Waals surface area (Å²) in [4.78, 5) is 32.1. The molecule has 8 nitrogen and oxygen atoms in total. The van der Waals surface area contributed by atoms with Gasteiger partial charge in [-0.1, -0.05) is 18.2 Å². The predicted octanol–water partition coefficient (Wildman–Crippen LogP) is 3.20. The summed E-state index contributed by atoms with van der Waals surface area (Å²) in [6.45, 7) is 0. The van der Waals surface area contributed by atoms with Gasteiger partial charge in [0.25, 0.3) is 11.4 Å². The molecule has 0 N–H and O–H groups in total. The number of nitro benzene ring substituents is 2. The van der Waals surface area contributed by atoms with Crippen molar-refractivity contribution in [3.63, 3.8) is 0 Å². The standard InChI is InChI=1S/C14H10N2O6S/c17-14(22-11-4-2-1-3-5-11)9-23-13-7-6-10(15(18)19)8-12(13)16(20)21/h1-8H,9H2. The van der Waals surface area contributed by atoms with Crippen LogP contribution in [0.5, 0.6) is 5.75 Å². The summed E-state index contributed by atoms with van der Waals surface area (Å²) in [5.74, 6) is -0.363. The van der Waals surface area contributed by atoms with E-state index in [0.717, 1.165) is 23.9 Å². The van der Waals surface area contributed by atoms with Crippen LogP contribution in [0.4, 0.5) is 11.4 Å². The highest BCUT2D eigenvalue weighted by atomic mass is 32.2. The van der Waals surface area contributed by atoms with Gasteiger partial charge < -0.3 is 4.74 Å². The Kier molecular flexibility index (Phi) is 5.26. The Morgan fingerprint density at radius 1 is 1.04 bits per heavy atom. The first kappa shape index (κ1) is 16.4. The fraction of sp³-hybridized carbons (Fsp3) is 0.0714. The second kappa shape index (κ2) is 7.36. The molecule has 0 spiro atoms. The van der Waals surface area contributed by atoms with Gasteiger partial charge in [0.05, 0.1) is 26.6 Å². The molecular weight excluding hydrogens is 324 g/mol. The summed E-state index contributed by atoms with van der Waals surface area (Å²) >= 11 is 0.884. The number of para-hydroxylation sites is 1. The first-order valence-electron chi connectivity index (χ1n) is 6.28. The second-order valence-corrected chi connectivity index (χ2v) is 5.26. The number of esters is 1. The third kappa shape index (κ3) is 4.51. The van der Waals surface area contributed by atoms with E-state index in [2.05, 4.69) is 0 Å². The van der Waals surface area contributed by atoms with Gasteiger partial charge >= 0.3 is 5.97 Å². The van der Waals surface area contributed by atoms with Crippen molar-refractivity contribution in [1.29, 1.82) is 0 Å². The lowest BCUT2D eigenvalue weighted by atomic mass is 10.3. The van der Waals surface area contributed by atoms with Crippen molar-refractivity contribution in [1.82, 2.24) is 0 Å². The first-order valence-corrected chi connectivity index (χ1v) is 7.27. The van der Waals surface area contributed by atoms with Crippen molar-refractivity contribution >= 4 is 29.1 Å². The molecule has 0 saturated carbocycles. The average Bonchev–Trinajstić information content (AvgIpc) is 2.53. The molecule has 0 amide bonds. The van der Waals surface area contributed by atoms with Crippen molar-refractivity contribution < 1.29 is 19.4 Å². The van der Waals surface area contributed by atoms with Crippen molar-refractivity contribution in [3.8, 4) is 5.75 Å². The summed E-state index contributed by atoms with van der Waals surface area (Å²) in [5.41, 5.74) is -0.801. The van der Waals surface area contributed by atoms with E-state index in [-0.39, 0.29) is 16.3 Å². The highest BCUT2D eigenvalue weighted by Gasteiger charge is 2.20. The number of nitrogens with zero attached hydrogens (tertiary/aromatic N) is 2. The molecule has 0 fully saturated rings. The van der Waals surface area contributed by atoms with Gasteiger partial charge in [-0.25, -0.2) is 0 Å². The molecule has 118 valence electrons. The smallest absolute Gasteiger partial charge is 0.321 e. The lowest BCUT2D eigenvalue weighted by Gasteiger charge is -2.04. The van der Waals surface area contributed by atoms with Crippen molar-refractivity contribution in [3.05, 3.63) is 68.8 Å². The normalized spacial score (nSPS) is 10.1. The van der Waals surface area contributed by atoms with Crippen molar-refractivity contribution in [2.24, 2.45) is 0 Å². The lowest BCUT2D eigenvalue weighted by molar-refractivity contribution is -0.396. The molecule has 0 unspecified atom stereocenters. The molecule has 0 aliphatic heterocycles. The maximum atomic E-state index is 11.7. The Hall–Kier alpha value is -2.94. The Labute approximate surface area is 134 Å². The zero-order valence-electron chi connectivity index (χ0n) is 11.6. The molecule has 0 atom stereocenters. The average molecular weight is 334 g/mol. The van der Waals surface area contributed by atoms with Crippen LogP contribution in [0.1, 0.15) is 0 Å². The number of hydrogen-bond acceptors (Lipinski definition) is 7. The van der Waals surface area contributed by atoms with Crippen molar-refractivity contribution in [2.45, 2.75) is 4.90 Å². The SMILES string of the molecule is O=C(CSc1ccc([N+](=O)[O-])cc1[N+](=O)[O-])Oc1ccccc1. The van der Waals surface area contributed by atoms with Crippen LogP contribution in [0, 0.1) is 20.2 Å². The highest BCUT2D eigenvalue weighted by Crippen LogP contribution is 2.32. The van der Waals surface area contributed by atoms with Crippen molar-refractivity contribution in [2.75, 3.05) is 5.75 Å². The number of rotatable bonds is 6. The fourth-order valence-electron chi connectivity index (χ4n) is 1.67. The van der Waals surface area contributed by atoms with E-state index in [4.69, 9.17) is 4.74 Å². The monoisotopic (exact) mass is 334 g/mol. The predicted molar refractivity (Wildman–Crippen MR) is 82.6 cm³/mol. The largest absolute Gasteiger partial charge is 0.426 e. The second-order valence-electron chi connectivity index (χ2n) is 4.24. The Morgan fingerprint density at radius 3 is 2.35 bits per heavy atom. The topological polar surface area (TPSA) is 113 Å². The minimum absolute atomic E-state index is 0.158. The highest BCUT2D eigenvalue weighted by molar-refractivity contribution is 8.00. The van der Waals surface area contributed by atoms with Crippen LogP contribution in [0.15, 0.2) is 53.4 Å². The molecular formula is C14H10N2O6S. The first-order chi connectivity index (χ1) is 11.0. The fourth-order valence-corrected chi connectivity index (χ4v) is 2.45. The van der Waals surface area contributed by atoms with E-state index >= 15 is 0 Å². The number of carbonyl (C=O) groups excluding carboxylic acids is 1. The van der Waals surface area contributed by atoms with E-state index in [9.17, 15) is 25.0 Å². The quantitative estimate of drug-likeness (QED) is 0.262. The number of hydrogen-bond donors (Lipinski definition) is 0. The van der Waals surface area contributed by atoms with Crippen LogP contribution in [0.2, 0.25) is 0 Å². The van der Waals surface area contributed by atoms with Crippen LogP contribution in [-0.4, -0.2) is 21.6 Å². The summed E-state index contributed by atoms with van der Waals surface area (Å²) < 4.78 is 5.06. The number of nitro groups is 2. The molecule has 9 heteroatoms. The molecule has 0 saturated heterocycles. The molecule has 0 bridgehead atoms. The maximum Gasteiger partial charge on any atom is 0.321 e. The zero-order chi connectivity index (χ0) is 16.8. The van der Waals surface area contributed by atoms with Gasteiger partial charge in [0.1, 0.15) is 5.75 Å². The number of carbonyl (C=O) groups is 1. The zero-order valence-corrected chi connectivity index (χ0v) is 12.4. The summed E-state index contributed by atoms with van der Waals surface area (Å²) in [6.07, 6.45) is 0. The Morgan fingerprint density at radius 2 is 1.74 bits per heavy atom. The van der Waals surface area contributed by atoms with Crippen LogP contribution in [0.3, 0.4) is 0 Å². The number of ether oxygens (including phenoxy) is 1. The van der Waals surface area contributed by atoms with E-state index in [1.54, 1.807) is 30.3 Å². The lowest BCUT2D eigenvalue weighted by Crippen LogP contribution is -2.10. The van der Waals surface area contributed by atoms with Crippen LogP contribution >= 0.6 is 11.8 Å². The molecule has 2 aromatic carbocycles. The van der Waals surface area contributed by atoms with E-state index in [1.807, 2.05) is 0 Å². The van der Waals surface area contributed by atoms with E-state index in [0.29, 0.717) is 5.75 Å². The van der Waals surface area contributed by atoms with Gasteiger partial charge in [-0.05, 0) is 18.2 Å². The summed E-state index contributed by atoms with van der Waals surface area (Å²) in [7, 11) is 0. The summed E-state index contributed by atoms with van der Waals surface area (Å²) in [5, 5.41) is 21.6. The van der Waals surface area contributed by atoms with Gasteiger partial charge in [0, 0.05) is 6.07 Å². The number of non-ortho nitro benzene ring substituents is 1. The van der Waals surface area contributed by atoms with Crippen LogP contribution < -0.4 is 4.74 Å². The molecule has 23 heavy (non-hydrogen) atoms. The Bertz CT molecular complexity index is 750. The summed E-state index contributed by atoms with van der Waals surface area (Å²) in [6, 6.07) is 11.7. The molecule has 2 aromatic rings. The van der Waals surface area contributed by atoms with Gasteiger partial charge in [0.15, 0.2) is 0 Å². The molecule has 0 aromatic heterocycles. The molecule has 0 aliphatic rings. The number of thioether (sulfide) groups is 1. The van der Waals surface area contributed by atoms with Crippen LogP contribution in [0.25, 0.3) is 0 Å². The third-order valence-electron chi connectivity index (χ3n) is 2.67. The maximum absolute atomic E-state index is 11.7. The minimum Gasteiger partial charge on any atom is -0.426 e. The van der Waals surface area contributed by atoms with Gasteiger partial charge in [-0.3, -0.25) is 25.0 Å². The van der Waals surface area contributed by atoms with E-state index < -0.39 is 21.5 Å². The van der Waals surface area contributed by atoms with Gasteiger partial charge in [0.2, 0.25) is 0 Å². The van der Waals surface area contributed by atoms with Gasteiger partial charge in [-0.2, -0.15) is 0 Å². The van der Waals surface area contributed by atoms with Gasteiger partial charge in [-0.15, -0.1) is 11.8 Å². The number of benzene rings is 2. The molecule has 2 rings (SSSR count). The Balaban J connectivity index is 2.06. The third-order valence-corrected chi connectivity index (χ3v) is 3.71. The minimum atomic E-state index is -0.724. The van der Waals surface area contributed by atoms with Crippen LogP contribution in [-0.2, 0) is 4.79 Å².